The molecule has 0 aliphatic carbocycles. The van der Waals surface area contributed by atoms with Crippen LogP contribution in [0.5, 0.6) is 5.75 Å². The number of rotatable bonds is 7. The molecule has 1 aliphatic heterocycles. The van der Waals surface area contributed by atoms with Crippen molar-refractivity contribution in [2.45, 2.75) is 17.7 Å². The largest absolute Gasteiger partial charge is 0.497 e. The molecule has 1 atom stereocenters. The summed E-state index contributed by atoms with van der Waals surface area (Å²) in [5, 5.41) is 9.75. The van der Waals surface area contributed by atoms with Gasteiger partial charge in [-0.15, -0.1) is 11.8 Å². The number of nitriles is 1. The highest BCUT2D eigenvalue weighted by molar-refractivity contribution is 7.99. The molecule has 2 aromatic carbocycles. The molecule has 1 aliphatic rings. The molecular weight excluding hydrogens is 400 g/mol. The minimum Gasteiger partial charge on any atom is -0.497 e. The summed E-state index contributed by atoms with van der Waals surface area (Å²) in [5.41, 5.74) is 7.28. The number of thioether (sulfide) groups is 1. The molecule has 6 nitrogen and oxygen atoms in total. The van der Waals surface area contributed by atoms with Gasteiger partial charge in [0.25, 0.3) is 0 Å². The quantitative estimate of drug-likeness (QED) is 0.530. The summed E-state index contributed by atoms with van der Waals surface area (Å²) in [6.45, 7) is 1.94. The molecule has 2 aromatic rings. The van der Waals surface area contributed by atoms with Crippen molar-refractivity contribution < 1.29 is 19.0 Å². The summed E-state index contributed by atoms with van der Waals surface area (Å²) in [4.78, 5) is 13.9. The van der Waals surface area contributed by atoms with Crippen molar-refractivity contribution in [3.8, 4) is 11.8 Å². The van der Waals surface area contributed by atoms with Crippen LogP contribution in [-0.2, 0) is 14.3 Å². The second-order valence-electron chi connectivity index (χ2n) is 6.36. The summed E-state index contributed by atoms with van der Waals surface area (Å²) in [7, 11) is 1.57. The number of allylic oxidation sites excluding steroid dienone is 1. The number of methoxy groups -OCH3 is 1. The van der Waals surface area contributed by atoms with Gasteiger partial charge in [-0.25, -0.2) is 4.79 Å². The van der Waals surface area contributed by atoms with Crippen LogP contribution in [0, 0.1) is 11.3 Å². The van der Waals surface area contributed by atoms with E-state index >= 15 is 0 Å². The number of hydrogen-bond donors (Lipinski definition) is 1. The first-order valence-corrected chi connectivity index (χ1v) is 10.4. The second-order valence-corrected chi connectivity index (χ2v) is 7.41. The number of hydrogen-bond acceptors (Lipinski definition) is 7. The maximum Gasteiger partial charge on any atom is 0.338 e. The Morgan fingerprint density at radius 2 is 1.90 bits per heavy atom. The van der Waals surface area contributed by atoms with E-state index in [2.05, 4.69) is 6.07 Å². The molecule has 3 rings (SSSR count). The zero-order chi connectivity index (χ0) is 21.5. The zero-order valence-electron chi connectivity index (χ0n) is 16.8. The summed E-state index contributed by atoms with van der Waals surface area (Å²) in [5.74, 6) is 0.212. The molecule has 30 heavy (non-hydrogen) atoms. The van der Waals surface area contributed by atoms with E-state index in [0.29, 0.717) is 17.3 Å². The van der Waals surface area contributed by atoms with Crippen molar-refractivity contribution in [3.63, 3.8) is 0 Å². The standard InChI is InChI=1S/C23H22N2O4S/c1-3-28-23(26)21-19(14-30-17-7-5-4-6-8-17)29-22(25)18(13-24)20(21)15-9-11-16(27-2)12-10-15/h4-12,20H,3,14,25H2,1-2H3/t20-/m1/s1. The van der Waals surface area contributed by atoms with Crippen molar-refractivity contribution >= 4 is 17.7 Å². The SMILES string of the molecule is CCOC(=O)C1=C(CSc2ccccc2)OC(N)=C(C#N)[C@H]1c1ccc(OC)cc1. The van der Waals surface area contributed by atoms with Crippen LogP contribution >= 0.6 is 11.8 Å². The second kappa shape index (κ2) is 9.90. The lowest BCUT2D eigenvalue weighted by Gasteiger charge is -2.28. The third-order valence-corrected chi connectivity index (χ3v) is 5.57. The Kier molecular flexibility index (Phi) is 7.04. The lowest BCUT2D eigenvalue weighted by atomic mass is 9.83. The number of carbonyl (C=O) groups is 1. The van der Waals surface area contributed by atoms with Gasteiger partial charge in [-0.1, -0.05) is 30.3 Å². The Bertz CT molecular complexity index is 1010. The Morgan fingerprint density at radius 3 is 2.50 bits per heavy atom. The van der Waals surface area contributed by atoms with Crippen LogP contribution in [-0.4, -0.2) is 25.4 Å². The van der Waals surface area contributed by atoms with Gasteiger partial charge in [0.15, 0.2) is 0 Å². The first-order chi connectivity index (χ1) is 14.6. The van der Waals surface area contributed by atoms with Crippen LogP contribution in [0.1, 0.15) is 18.4 Å². The Balaban J connectivity index is 2.06. The van der Waals surface area contributed by atoms with E-state index in [0.717, 1.165) is 10.5 Å². The smallest absolute Gasteiger partial charge is 0.338 e. The minimum atomic E-state index is -0.680. The number of nitrogens with two attached hydrogens (primary N) is 1. The van der Waals surface area contributed by atoms with Gasteiger partial charge in [-0.2, -0.15) is 5.26 Å². The van der Waals surface area contributed by atoms with E-state index in [1.165, 1.54) is 11.8 Å². The average Bonchev–Trinajstić information content (AvgIpc) is 2.78. The van der Waals surface area contributed by atoms with Gasteiger partial charge < -0.3 is 19.9 Å². The zero-order valence-corrected chi connectivity index (χ0v) is 17.6. The van der Waals surface area contributed by atoms with E-state index in [-0.39, 0.29) is 23.6 Å². The average molecular weight is 423 g/mol. The summed E-state index contributed by atoms with van der Waals surface area (Å²) >= 11 is 1.51. The maximum atomic E-state index is 12.9. The van der Waals surface area contributed by atoms with Crippen LogP contribution in [0.2, 0.25) is 0 Å². The maximum absolute atomic E-state index is 12.9. The third kappa shape index (κ3) is 4.61. The Morgan fingerprint density at radius 1 is 1.20 bits per heavy atom. The van der Waals surface area contributed by atoms with Gasteiger partial charge in [-0.05, 0) is 36.8 Å². The molecule has 0 bridgehead atoms. The number of esters is 1. The molecule has 0 unspecified atom stereocenters. The van der Waals surface area contributed by atoms with E-state index < -0.39 is 11.9 Å². The summed E-state index contributed by atoms with van der Waals surface area (Å²) in [6, 6.07) is 19.0. The van der Waals surface area contributed by atoms with Gasteiger partial charge in [0, 0.05) is 4.90 Å². The van der Waals surface area contributed by atoms with Crippen molar-refractivity contribution in [1.29, 1.82) is 5.26 Å². The van der Waals surface area contributed by atoms with Gasteiger partial charge >= 0.3 is 5.97 Å². The fraction of sp³-hybridized carbons (Fsp3) is 0.217. The normalized spacial score (nSPS) is 16.0. The molecule has 1 heterocycles. The van der Waals surface area contributed by atoms with Crippen LogP contribution in [0.15, 0.2) is 82.3 Å². The topological polar surface area (TPSA) is 94.6 Å². The van der Waals surface area contributed by atoms with Crippen molar-refractivity contribution in [3.05, 3.63) is 82.9 Å². The fourth-order valence-corrected chi connectivity index (χ4v) is 4.01. The molecule has 0 spiro atoms. The molecule has 2 N–H and O–H groups in total. The van der Waals surface area contributed by atoms with Crippen molar-refractivity contribution in [1.82, 2.24) is 0 Å². The Hall–Kier alpha value is -3.37. The lowest BCUT2D eigenvalue weighted by Crippen LogP contribution is -2.27. The molecule has 0 saturated carbocycles. The van der Waals surface area contributed by atoms with Gasteiger partial charge in [0.05, 0.1) is 31.0 Å². The molecule has 0 saturated heterocycles. The highest BCUT2D eigenvalue weighted by atomic mass is 32.2. The lowest BCUT2D eigenvalue weighted by molar-refractivity contribution is -0.139. The molecule has 0 aromatic heterocycles. The fourth-order valence-electron chi connectivity index (χ4n) is 3.15. The molecule has 7 heteroatoms. The number of carbonyl (C=O) groups excluding carboxylic acids is 1. The Labute approximate surface area is 179 Å². The molecule has 0 amide bonds. The molecular formula is C23H22N2O4S. The summed E-state index contributed by atoms with van der Waals surface area (Å²) in [6.07, 6.45) is 0. The highest BCUT2D eigenvalue weighted by Crippen LogP contribution is 2.41. The van der Waals surface area contributed by atoms with Crippen LogP contribution < -0.4 is 10.5 Å². The predicted molar refractivity (Wildman–Crippen MR) is 114 cm³/mol. The van der Waals surface area contributed by atoms with Gasteiger partial charge in [0.1, 0.15) is 23.2 Å². The van der Waals surface area contributed by atoms with Crippen LogP contribution in [0.25, 0.3) is 0 Å². The predicted octanol–water partition coefficient (Wildman–Crippen LogP) is 4.11. The van der Waals surface area contributed by atoms with Gasteiger partial charge in [0.2, 0.25) is 5.88 Å². The van der Waals surface area contributed by atoms with E-state index in [9.17, 15) is 10.1 Å². The first-order valence-electron chi connectivity index (χ1n) is 9.38. The van der Waals surface area contributed by atoms with Crippen LogP contribution in [0.3, 0.4) is 0 Å². The van der Waals surface area contributed by atoms with Crippen molar-refractivity contribution in [2.24, 2.45) is 5.73 Å². The summed E-state index contributed by atoms with van der Waals surface area (Å²) < 4.78 is 16.3. The van der Waals surface area contributed by atoms with E-state index in [4.69, 9.17) is 19.9 Å². The minimum absolute atomic E-state index is 0.00460. The molecule has 154 valence electrons. The number of benzene rings is 2. The molecule has 0 fully saturated rings. The van der Waals surface area contributed by atoms with Crippen molar-refractivity contribution in [2.75, 3.05) is 19.5 Å². The van der Waals surface area contributed by atoms with E-state index in [1.807, 2.05) is 30.3 Å². The van der Waals surface area contributed by atoms with Crippen LogP contribution in [0.4, 0.5) is 0 Å². The monoisotopic (exact) mass is 422 g/mol. The van der Waals surface area contributed by atoms with E-state index in [1.54, 1.807) is 38.3 Å². The molecule has 0 radical (unpaired) electrons. The van der Waals surface area contributed by atoms with Gasteiger partial charge in [-0.3, -0.25) is 0 Å². The third-order valence-electron chi connectivity index (χ3n) is 4.55. The number of nitrogens with zero attached hydrogens (tertiary/aromatic N) is 1. The first kappa shape index (κ1) is 21.3. The number of ether oxygens (including phenoxy) is 3. The highest BCUT2D eigenvalue weighted by Gasteiger charge is 2.37.